The largest absolute Gasteiger partial charge is 0.412 e. The van der Waals surface area contributed by atoms with E-state index in [-0.39, 0.29) is 6.09 Å². The van der Waals surface area contributed by atoms with Crippen molar-refractivity contribution in [2.45, 2.75) is 46.0 Å². The van der Waals surface area contributed by atoms with Crippen molar-refractivity contribution in [3.63, 3.8) is 0 Å². The number of ether oxygens (including phenoxy) is 1. The second kappa shape index (κ2) is 8.56. The molecule has 0 atom stereocenters. The van der Waals surface area contributed by atoms with Crippen LogP contribution < -0.4 is 10.1 Å². The van der Waals surface area contributed by atoms with Crippen LogP contribution in [0, 0.1) is 0 Å². The van der Waals surface area contributed by atoms with E-state index in [1.807, 2.05) is 31.2 Å². The van der Waals surface area contributed by atoms with Crippen molar-refractivity contribution in [3.05, 3.63) is 29.8 Å². The minimum absolute atomic E-state index is 0.354. The number of hydrogen-bond donors (Lipinski definition) is 1. The first-order chi connectivity index (χ1) is 8.77. The molecule has 0 aliphatic heterocycles. The molecule has 0 aliphatic carbocycles. The average molecular weight is 249 g/mol. The Balaban J connectivity index is 2.31. The zero-order valence-electron chi connectivity index (χ0n) is 11.4. The fourth-order valence-electron chi connectivity index (χ4n) is 1.77. The summed E-state index contributed by atoms with van der Waals surface area (Å²) >= 11 is 0. The van der Waals surface area contributed by atoms with E-state index >= 15 is 0 Å². The normalized spacial score (nSPS) is 10.1. The summed E-state index contributed by atoms with van der Waals surface area (Å²) in [5.41, 5.74) is 1.05. The maximum absolute atomic E-state index is 11.6. The molecular weight excluding hydrogens is 226 g/mol. The number of para-hydroxylation sites is 1. The number of benzene rings is 1. The van der Waals surface area contributed by atoms with E-state index in [0.29, 0.717) is 12.3 Å². The van der Waals surface area contributed by atoms with Gasteiger partial charge in [0.15, 0.2) is 0 Å². The van der Waals surface area contributed by atoms with Gasteiger partial charge < -0.3 is 10.1 Å². The topological polar surface area (TPSA) is 38.3 Å². The molecule has 0 aromatic heterocycles. The lowest BCUT2D eigenvalue weighted by atomic mass is 10.1. The quantitative estimate of drug-likeness (QED) is 0.744. The number of unbranched alkanes of at least 4 members (excludes halogenated alkanes) is 3. The third kappa shape index (κ3) is 5.21. The number of hydrogen-bond acceptors (Lipinski definition) is 2. The van der Waals surface area contributed by atoms with Crippen LogP contribution in [0.4, 0.5) is 4.79 Å². The molecule has 18 heavy (non-hydrogen) atoms. The van der Waals surface area contributed by atoms with Crippen LogP contribution in [0.3, 0.4) is 0 Å². The Morgan fingerprint density at radius 3 is 2.67 bits per heavy atom. The highest BCUT2D eigenvalue weighted by Gasteiger charge is 2.06. The van der Waals surface area contributed by atoms with E-state index in [2.05, 4.69) is 12.2 Å². The fourth-order valence-corrected chi connectivity index (χ4v) is 1.77. The Labute approximate surface area is 110 Å². The molecule has 3 heteroatoms. The molecule has 0 spiro atoms. The van der Waals surface area contributed by atoms with Crippen molar-refractivity contribution in [1.82, 2.24) is 5.32 Å². The minimum atomic E-state index is -0.354. The van der Waals surface area contributed by atoms with Crippen LogP contribution in [0.5, 0.6) is 5.75 Å². The molecule has 0 aliphatic rings. The van der Waals surface area contributed by atoms with Gasteiger partial charge in [0.25, 0.3) is 0 Å². The third-order valence-corrected chi connectivity index (χ3v) is 2.86. The lowest BCUT2D eigenvalue weighted by Gasteiger charge is -2.09. The highest BCUT2D eigenvalue weighted by atomic mass is 16.6. The molecule has 1 rings (SSSR count). The number of aryl methyl sites for hydroxylation is 1. The molecular formula is C15H23NO2. The summed E-state index contributed by atoms with van der Waals surface area (Å²) in [6.45, 7) is 4.90. The molecule has 0 saturated carbocycles. The molecule has 1 aromatic carbocycles. The molecule has 1 amide bonds. The molecule has 1 N–H and O–H groups in total. The highest BCUT2D eigenvalue weighted by molar-refractivity contribution is 5.70. The van der Waals surface area contributed by atoms with Crippen LogP contribution in [0.25, 0.3) is 0 Å². The van der Waals surface area contributed by atoms with Gasteiger partial charge in [0.05, 0.1) is 0 Å². The van der Waals surface area contributed by atoms with E-state index in [9.17, 15) is 4.79 Å². The van der Waals surface area contributed by atoms with E-state index in [4.69, 9.17) is 4.74 Å². The van der Waals surface area contributed by atoms with Crippen molar-refractivity contribution < 1.29 is 9.53 Å². The van der Waals surface area contributed by atoms with Gasteiger partial charge >= 0.3 is 6.09 Å². The molecule has 100 valence electrons. The summed E-state index contributed by atoms with van der Waals surface area (Å²) in [5, 5.41) is 2.78. The van der Waals surface area contributed by atoms with Crippen molar-refractivity contribution in [1.29, 1.82) is 0 Å². The van der Waals surface area contributed by atoms with Crippen molar-refractivity contribution in [3.8, 4) is 5.75 Å². The molecule has 0 fully saturated rings. The predicted molar refractivity (Wildman–Crippen MR) is 74.0 cm³/mol. The molecule has 1 aromatic rings. The van der Waals surface area contributed by atoms with E-state index in [1.54, 1.807) is 0 Å². The first-order valence-electron chi connectivity index (χ1n) is 6.81. The Hall–Kier alpha value is -1.51. The number of nitrogens with one attached hydrogen (secondary N) is 1. The van der Waals surface area contributed by atoms with Gasteiger partial charge in [0.1, 0.15) is 5.75 Å². The maximum Gasteiger partial charge on any atom is 0.412 e. The molecule has 0 heterocycles. The highest BCUT2D eigenvalue weighted by Crippen LogP contribution is 2.18. The lowest BCUT2D eigenvalue weighted by Crippen LogP contribution is -2.28. The van der Waals surface area contributed by atoms with Gasteiger partial charge in [0.2, 0.25) is 0 Å². The molecule has 0 bridgehead atoms. The van der Waals surface area contributed by atoms with Crippen molar-refractivity contribution >= 4 is 6.09 Å². The Morgan fingerprint density at radius 1 is 1.17 bits per heavy atom. The van der Waals surface area contributed by atoms with Crippen LogP contribution in [0.2, 0.25) is 0 Å². The van der Waals surface area contributed by atoms with E-state index < -0.39 is 0 Å². The number of amides is 1. The first kappa shape index (κ1) is 14.6. The first-order valence-corrected chi connectivity index (χ1v) is 6.81. The summed E-state index contributed by atoms with van der Waals surface area (Å²) in [6.07, 6.45) is 5.09. The number of rotatable bonds is 7. The molecule has 3 nitrogen and oxygen atoms in total. The second-order valence-corrected chi connectivity index (χ2v) is 4.34. The molecule has 0 saturated heterocycles. The lowest BCUT2D eigenvalue weighted by molar-refractivity contribution is 0.200. The Kier molecular flexibility index (Phi) is 6.92. The van der Waals surface area contributed by atoms with Crippen LogP contribution in [-0.2, 0) is 6.42 Å². The van der Waals surface area contributed by atoms with Crippen LogP contribution in [0.1, 0.15) is 45.1 Å². The summed E-state index contributed by atoms with van der Waals surface area (Å²) in [4.78, 5) is 11.6. The SMILES string of the molecule is CCCCCCNC(=O)Oc1ccccc1CC. The van der Waals surface area contributed by atoms with Crippen LogP contribution in [-0.4, -0.2) is 12.6 Å². The summed E-state index contributed by atoms with van der Waals surface area (Å²) in [7, 11) is 0. The van der Waals surface area contributed by atoms with Crippen molar-refractivity contribution in [2.75, 3.05) is 6.54 Å². The standard InChI is InChI=1S/C15H23NO2/c1-3-5-6-9-12-16-15(17)18-14-11-8-7-10-13(14)4-2/h7-8,10-11H,3-6,9,12H2,1-2H3,(H,16,17). The second-order valence-electron chi connectivity index (χ2n) is 4.34. The van der Waals surface area contributed by atoms with Crippen LogP contribution in [0.15, 0.2) is 24.3 Å². The van der Waals surface area contributed by atoms with Gasteiger partial charge in [-0.2, -0.15) is 0 Å². The van der Waals surface area contributed by atoms with Gasteiger partial charge in [-0.15, -0.1) is 0 Å². The number of carbonyl (C=O) groups is 1. The minimum Gasteiger partial charge on any atom is -0.410 e. The summed E-state index contributed by atoms with van der Waals surface area (Å²) < 4.78 is 5.29. The maximum atomic E-state index is 11.6. The van der Waals surface area contributed by atoms with Gasteiger partial charge in [0, 0.05) is 6.54 Å². The van der Waals surface area contributed by atoms with E-state index in [0.717, 1.165) is 24.8 Å². The molecule has 0 radical (unpaired) electrons. The number of carbonyl (C=O) groups excluding carboxylic acids is 1. The Bertz CT molecular complexity index is 363. The third-order valence-electron chi connectivity index (χ3n) is 2.86. The predicted octanol–water partition coefficient (Wildman–Crippen LogP) is 3.92. The zero-order valence-corrected chi connectivity index (χ0v) is 11.4. The smallest absolute Gasteiger partial charge is 0.410 e. The summed E-state index contributed by atoms with van der Waals surface area (Å²) in [5.74, 6) is 0.658. The average Bonchev–Trinajstić information content (AvgIpc) is 2.39. The zero-order chi connectivity index (χ0) is 13.2. The van der Waals surface area contributed by atoms with Gasteiger partial charge in [-0.3, -0.25) is 0 Å². The monoisotopic (exact) mass is 249 g/mol. The van der Waals surface area contributed by atoms with Gasteiger partial charge in [-0.25, -0.2) is 4.79 Å². The molecule has 0 unspecified atom stereocenters. The van der Waals surface area contributed by atoms with Gasteiger partial charge in [-0.1, -0.05) is 51.3 Å². The fraction of sp³-hybridized carbons (Fsp3) is 0.533. The van der Waals surface area contributed by atoms with Gasteiger partial charge in [-0.05, 0) is 24.5 Å². The van der Waals surface area contributed by atoms with Crippen molar-refractivity contribution in [2.24, 2.45) is 0 Å². The summed E-state index contributed by atoms with van der Waals surface area (Å²) in [6, 6.07) is 7.64. The van der Waals surface area contributed by atoms with Crippen LogP contribution >= 0.6 is 0 Å². The van der Waals surface area contributed by atoms with E-state index in [1.165, 1.54) is 12.8 Å². The Morgan fingerprint density at radius 2 is 1.94 bits per heavy atom.